The van der Waals surface area contributed by atoms with Gasteiger partial charge in [0.2, 0.25) is 5.91 Å². The molecule has 2 aromatic rings. The van der Waals surface area contributed by atoms with Crippen molar-refractivity contribution in [3.05, 3.63) is 24.3 Å². The molecule has 2 heterocycles. The molecule has 92 valence electrons. The Labute approximate surface area is 107 Å². The van der Waals surface area contributed by atoms with Gasteiger partial charge in [-0.1, -0.05) is 23.5 Å². The summed E-state index contributed by atoms with van der Waals surface area (Å²) in [6.45, 7) is 0.216. The summed E-state index contributed by atoms with van der Waals surface area (Å²) in [5.41, 5.74) is 0.837. The molecule has 1 amide bonds. The quantitative estimate of drug-likeness (QED) is 0.894. The predicted molar refractivity (Wildman–Crippen MR) is 67.7 cm³/mol. The number of hydrogen-bond acceptors (Lipinski definition) is 4. The number of aromatic nitrogens is 1. The Bertz CT molecular complexity index is 604. The number of carboxylic acid groups (broad SMARTS) is 1. The van der Waals surface area contributed by atoms with Crippen molar-refractivity contribution in [1.29, 1.82) is 0 Å². The number of fused-ring (bicyclic) bond motifs is 1. The lowest BCUT2D eigenvalue weighted by molar-refractivity contribution is -0.141. The minimum atomic E-state index is -0.924. The first-order chi connectivity index (χ1) is 8.65. The third-order valence-electron chi connectivity index (χ3n) is 2.99. The maximum Gasteiger partial charge on any atom is 0.308 e. The van der Waals surface area contributed by atoms with Crippen LogP contribution in [0.5, 0.6) is 0 Å². The zero-order valence-corrected chi connectivity index (χ0v) is 10.2. The molecule has 0 aliphatic carbocycles. The number of para-hydroxylation sites is 1. The minimum absolute atomic E-state index is 0.0608. The van der Waals surface area contributed by atoms with E-state index in [1.807, 2.05) is 24.3 Å². The van der Waals surface area contributed by atoms with Gasteiger partial charge in [-0.25, -0.2) is 4.98 Å². The third-order valence-corrected chi connectivity index (χ3v) is 4.05. The van der Waals surface area contributed by atoms with Crippen molar-refractivity contribution in [2.24, 2.45) is 5.92 Å². The van der Waals surface area contributed by atoms with E-state index in [9.17, 15) is 9.59 Å². The Morgan fingerprint density at radius 1 is 1.44 bits per heavy atom. The molecular weight excluding hydrogens is 252 g/mol. The van der Waals surface area contributed by atoms with Gasteiger partial charge in [0.15, 0.2) is 5.13 Å². The fourth-order valence-corrected chi connectivity index (χ4v) is 3.03. The molecule has 1 aromatic heterocycles. The third kappa shape index (κ3) is 1.74. The Morgan fingerprint density at radius 3 is 2.89 bits per heavy atom. The fourth-order valence-electron chi connectivity index (χ4n) is 2.03. The molecule has 18 heavy (non-hydrogen) atoms. The summed E-state index contributed by atoms with van der Waals surface area (Å²) in [5, 5.41) is 9.53. The summed E-state index contributed by atoms with van der Waals surface area (Å²) in [7, 11) is 0. The average Bonchev–Trinajstić information content (AvgIpc) is 2.91. The van der Waals surface area contributed by atoms with E-state index in [0.29, 0.717) is 5.13 Å². The van der Waals surface area contributed by atoms with E-state index < -0.39 is 11.9 Å². The maximum atomic E-state index is 11.8. The van der Waals surface area contributed by atoms with Gasteiger partial charge in [-0.2, -0.15) is 0 Å². The molecule has 0 radical (unpaired) electrons. The average molecular weight is 262 g/mol. The van der Waals surface area contributed by atoms with Crippen LogP contribution < -0.4 is 4.90 Å². The van der Waals surface area contributed by atoms with E-state index in [2.05, 4.69) is 4.98 Å². The van der Waals surface area contributed by atoms with Gasteiger partial charge >= 0.3 is 5.97 Å². The van der Waals surface area contributed by atoms with Gasteiger partial charge in [-0.05, 0) is 12.1 Å². The van der Waals surface area contributed by atoms with Crippen LogP contribution in [-0.4, -0.2) is 28.5 Å². The fraction of sp³-hybridized carbons (Fsp3) is 0.250. The van der Waals surface area contributed by atoms with E-state index in [0.717, 1.165) is 10.2 Å². The van der Waals surface area contributed by atoms with Crippen LogP contribution in [0.25, 0.3) is 10.2 Å². The highest BCUT2D eigenvalue weighted by molar-refractivity contribution is 7.22. The largest absolute Gasteiger partial charge is 0.481 e. The Morgan fingerprint density at radius 2 is 2.22 bits per heavy atom. The number of rotatable bonds is 2. The lowest BCUT2D eigenvalue weighted by Gasteiger charge is -2.10. The number of carboxylic acids is 1. The molecule has 1 aliphatic heterocycles. The Kier molecular flexibility index (Phi) is 2.52. The molecule has 1 aliphatic rings. The van der Waals surface area contributed by atoms with Crippen molar-refractivity contribution in [2.45, 2.75) is 6.42 Å². The van der Waals surface area contributed by atoms with Gasteiger partial charge in [0.1, 0.15) is 0 Å². The molecule has 6 heteroatoms. The number of amides is 1. The summed E-state index contributed by atoms with van der Waals surface area (Å²) < 4.78 is 0.999. The van der Waals surface area contributed by atoms with E-state index in [1.54, 1.807) is 0 Å². The number of benzene rings is 1. The molecule has 1 atom stereocenters. The molecule has 1 aromatic carbocycles. The zero-order valence-electron chi connectivity index (χ0n) is 9.37. The number of thiazole rings is 1. The van der Waals surface area contributed by atoms with Gasteiger partial charge in [-0.3, -0.25) is 14.5 Å². The van der Waals surface area contributed by atoms with Crippen LogP contribution in [-0.2, 0) is 9.59 Å². The van der Waals surface area contributed by atoms with E-state index in [1.165, 1.54) is 16.2 Å². The van der Waals surface area contributed by atoms with Gasteiger partial charge in [0, 0.05) is 13.0 Å². The summed E-state index contributed by atoms with van der Waals surface area (Å²) in [4.78, 5) is 28.5. The normalized spacial score (nSPS) is 19.7. The molecule has 1 N–H and O–H groups in total. The molecule has 1 saturated heterocycles. The number of hydrogen-bond donors (Lipinski definition) is 1. The van der Waals surface area contributed by atoms with Gasteiger partial charge in [0.25, 0.3) is 0 Å². The van der Waals surface area contributed by atoms with E-state index in [4.69, 9.17) is 5.11 Å². The zero-order chi connectivity index (χ0) is 12.7. The highest BCUT2D eigenvalue weighted by atomic mass is 32.1. The Hall–Kier alpha value is -1.95. The highest BCUT2D eigenvalue weighted by Crippen LogP contribution is 2.32. The first kappa shape index (κ1) is 11.2. The summed E-state index contributed by atoms with van der Waals surface area (Å²) in [6, 6.07) is 7.62. The number of aliphatic carboxylic acids is 1. The summed E-state index contributed by atoms with van der Waals surface area (Å²) in [5.74, 6) is -1.71. The standard InChI is InChI=1S/C12H10N2O3S/c15-10-5-7(11(16)17)6-14(10)12-13-8-3-1-2-4-9(8)18-12/h1-4,7H,5-6H2,(H,16,17)/t7-/m1/s1. The second-order valence-electron chi connectivity index (χ2n) is 4.21. The van der Waals surface area contributed by atoms with Gasteiger partial charge < -0.3 is 5.11 Å². The second kappa shape index (κ2) is 4.06. The SMILES string of the molecule is O=C(O)[C@@H]1CC(=O)N(c2nc3ccccc3s2)C1. The topological polar surface area (TPSA) is 70.5 Å². The summed E-state index contributed by atoms with van der Waals surface area (Å²) in [6.07, 6.45) is 0.0608. The van der Waals surface area contributed by atoms with Crippen LogP contribution in [0, 0.1) is 5.92 Å². The first-order valence-electron chi connectivity index (χ1n) is 5.54. The van der Waals surface area contributed by atoms with Crippen LogP contribution in [0.15, 0.2) is 24.3 Å². The van der Waals surface area contributed by atoms with Crippen molar-refractivity contribution in [1.82, 2.24) is 4.98 Å². The van der Waals surface area contributed by atoms with E-state index in [-0.39, 0.29) is 18.9 Å². The van der Waals surface area contributed by atoms with E-state index >= 15 is 0 Å². The van der Waals surface area contributed by atoms with Crippen LogP contribution >= 0.6 is 11.3 Å². The molecule has 3 rings (SSSR count). The van der Waals surface area contributed by atoms with Crippen LogP contribution in [0.4, 0.5) is 5.13 Å². The lowest BCUT2D eigenvalue weighted by Crippen LogP contribution is -2.25. The smallest absolute Gasteiger partial charge is 0.308 e. The predicted octanol–water partition coefficient (Wildman–Crippen LogP) is 1.73. The molecule has 1 fully saturated rings. The van der Waals surface area contributed by atoms with Gasteiger partial charge in [0.05, 0.1) is 16.1 Å². The number of nitrogens with zero attached hydrogens (tertiary/aromatic N) is 2. The van der Waals surface area contributed by atoms with Gasteiger partial charge in [-0.15, -0.1) is 0 Å². The molecule has 0 bridgehead atoms. The molecule has 0 unspecified atom stereocenters. The van der Waals surface area contributed by atoms with Crippen molar-refractivity contribution < 1.29 is 14.7 Å². The second-order valence-corrected chi connectivity index (χ2v) is 5.22. The molecule has 5 nitrogen and oxygen atoms in total. The highest BCUT2D eigenvalue weighted by Gasteiger charge is 2.36. The molecule has 0 saturated carbocycles. The maximum absolute atomic E-state index is 11.8. The first-order valence-corrected chi connectivity index (χ1v) is 6.35. The number of carbonyl (C=O) groups excluding carboxylic acids is 1. The number of carbonyl (C=O) groups is 2. The van der Waals surface area contributed by atoms with Crippen LogP contribution in [0.3, 0.4) is 0 Å². The summed E-state index contributed by atoms with van der Waals surface area (Å²) >= 11 is 1.41. The minimum Gasteiger partial charge on any atom is -0.481 e. The lowest BCUT2D eigenvalue weighted by atomic mass is 10.1. The van der Waals surface area contributed by atoms with Crippen molar-refractivity contribution >= 4 is 38.6 Å². The van der Waals surface area contributed by atoms with Crippen LogP contribution in [0.2, 0.25) is 0 Å². The monoisotopic (exact) mass is 262 g/mol. The Balaban J connectivity index is 1.95. The van der Waals surface area contributed by atoms with Crippen molar-refractivity contribution in [3.63, 3.8) is 0 Å². The molecular formula is C12H10N2O3S. The number of anilines is 1. The van der Waals surface area contributed by atoms with Crippen molar-refractivity contribution in [3.8, 4) is 0 Å². The van der Waals surface area contributed by atoms with Crippen LogP contribution in [0.1, 0.15) is 6.42 Å². The van der Waals surface area contributed by atoms with Crippen molar-refractivity contribution in [2.75, 3.05) is 11.4 Å². The molecule has 0 spiro atoms.